The van der Waals surface area contributed by atoms with Crippen LogP contribution in [-0.2, 0) is 4.74 Å². The average molecular weight is 270 g/mol. The van der Waals surface area contributed by atoms with E-state index < -0.39 is 11.6 Å². The molecular formula is C14H20F2N2O. The van der Waals surface area contributed by atoms with Crippen LogP contribution in [0.3, 0.4) is 0 Å². The molecule has 1 aromatic carbocycles. The monoisotopic (exact) mass is 270 g/mol. The van der Waals surface area contributed by atoms with Gasteiger partial charge in [0.1, 0.15) is 11.6 Å². The highest BCUT2D eigenvalue weighted by Gasteiger charge is 2.29. The molecule has 1 aliphatic heterocycles. The van der Waals surface area contributed by atoms with Crippen LogP contribution in [0.25, 0.3) is 0 Å². The molecule has 0 aliphatic carbocycles. The van der Waals surface area contributed by atoms with E-state index in [0.29, 0.717) is 18.7 Å². The Kier molecular flexibility index (Phi) is 4.50. The van der Waals surface area contributed by atoms with E-state index in [9.17, 15) is 8.78 Å². The van der Waals surface area contributed by atoms with E-state index >= 15 is 0 Å². The Bertz CT molecular complexity index is 431. The normalized spacial score (nSPS) is 26.4. The summed E-state index contributed by atoms with van der Waals surface area (Å²) in [5, 5.41) is 0. The fourth-order valence-corrected chi connectivity index (χ4v) is 2.71. The molecule has 2 N–H and O–H groups in total. The van der Waals surface area contributed by atoms with E-state index in [4.69, 9.17) is 10.5 Å². The van der Waals surface area contributed by atoms with Crippen molar-refractivity contribution in [3.63, 3.8) is 0 Å². The van der Waals surface area contributed by atoms with Crippen LogP contribution in [0.1, 0.15) is 25.5 Å². The third-order valence-corrected chi connectivity index (χ3v) is 3.43. The van der Waals surface area contributed by atoms with Gasteiger partial charge >= 0.3 is 0 Å². The first-order valence-electron chi connectivity index (χ1n) is 6.55. The van der Waals surface area contributed by atoms with Gasteiger partial charge in [0.15, 0.2) is 0 Å². The third-order valence-electron chi connectivity index (χ3n) is 3.43. The summed E-state index contributed by atoms with van der Waals surface area (Å²) >= 11 is 0. The lowest BCUT2D eigenvalue weighted by Crippen LogP contribution is -2.48. The second-order valence-electron chi connectivity index (χ2n) is 5.13. The SMILES string of the molecule is CC1CN(C(CN)c2cc(F)ccc2F)CC(C)O1. The quantitative estimate of drug-likeness (QED) is 0.914. The Morgan fingerprint density at radius 3 is 2.53 bits per heavy atom. The van der Waals surface area contributed by atoms with Crippen molar-refractivity contribution in [1.82, 2.24) is 4.90 Å². The van der Waals surface area contributed by atoms with Crippen LogP contribution < -0.4 is 5.73 Å². The van der Waals surface area contributed by atoms with Gasteiger partial charge in [0.2, 0.25) is 0 Å². The predicted molar refractivity (Wildman–Crippen MR) is 69.7 cm³/mol. The summed E-state index contributed by atoms with van der Waals surface area (Å²) < 4.78 is 32.8. The molecule has 0 aromatic heterocycles. The Hall–Kier alpha value is -1.04. The number of nitrogens with two attached hydrogens (primary N) is 1. The van der Waals surface area contributed by atoms with Crippen molar-refractivity contribution >= 4 is 0 Å². The van der Waals surface area contributed by atoms with E-state index in [1.54, 1.807) is 0 Å². The number of morpholine rings is 1. The van der Waals surface area contributed by atoms with Crippen LogP contribution in [0.2, 0.25) is 0 Å². The van der Waals surface area contributed by atoms with Crippen molar-refractivity contribution in [3.8, 4) is 0 Å². The zero-order chi connectivity index (χ0) is 14.0. The van der Waals surface area contributed by atoms with Crippen LogP contribution in [0.4, 0.5) is 8.78 Å². The fourth-order valence-electron chi connectivity index (χ4n) is 2.71. The molecule has 0 spiro atoms. The molecule has 3 nitrogen and oxygen atoms in total. The van der Waals surface area contributed by atoms with Gasteiger partial charge in [-0.2, -0.15) is 0 Å². The zero-order valence-electron chi connectivity index (χ0n) is 11.3. The lowest BCUT2D eigenvalue weighted by molar-refractivity contribution is -0.0802. The van der Waals surface area contributed by atoms with Gasteiger partial charge in [-0.3, -0.25) is 4.90 Å². The fraction of sp³-hybridized carbons (Fsp3) is 0.571. The largest absolute Gasteiger partial charge is 0.373 e. The highest BCUT2D eigenvalue weighted by molar-refractivity contribution is 5.23. The van der Waals surface area contributed by atoms with Gasteiger partial charge in [-0.25, -0.2) is 8.78 Å². The summed E-state index contributed by atoms with van der Waals surface area (Å²) in [5.74, 6) is -0.854. The molecule has 2 rings (SSSR count). The molecule has 5 heteroatoms. The van der Waals surface area contributed by atoms with E-state index in [1.807, 2.05) is 13.8 Å². The van der Waals surface area contributed by atoms with Crippen molar-refractivity contribution in [1.29, 1.82) is 0 Å². The van der Waals surface area contributed by atoms with Gasteiger partial charge in [0.25, 0.3) is 0 Å². The van der Waals surface area contributed by atoms with E-state index in [1.165, 1.54) is 6.07 Å². The van der Waals surface area contributed by atoms with Crippen LogP contribution in [0, 0.1) is 11.6 Å². The van der Waals surface area contributed by atoms with Gasteiger partial charge in [-0.1, -0.05) is 0 Å². The number of hydrogen-bond acceptors (Lipinski definition) is 3. The number of ether oxygens (including phenoxy) is 1. The summed E-state index contributed by atoms with van der Waals surface area (Å²) in [6, 6.07) is 3.19. The summed E-state index contributed by atoms with van der Waals surface area (Å²) in [6.45, 7) is 5.53. The number of halogens is 2. The summed E-state index contributed by atoms with van der Waals surface area (Å²) in [6.07, 6.45) is 0.129. The minimum atomic E-state index is -0.441. The van der Waals surface area contributed by atoms with Gasteiger partial charge in [-0.15, -0.1) is 0 Å². The van der Waals surface area contributed by atoms with E-state index in [0.717, 1.165) is 12.1 Å². The summed E-state index contributed by atoms with van der Waals surface area (Å²) in [5.41, 5.74) is 6.10. The lowest BCUT2D eigenvalue weighted by atomic mass is 10.0. The van der Waals surface area contributed by atoms with Crippen molar-refractivity contribution < 1.29 is 13.5 Å². The second-order valence-corrected chi connectivity index (χ2v) is 5.13. The first kappa shape index (κ1) is 14.4. The van der Waals surface area contributed by atoms with Crippen molar-refractivity contribution in [3.05, 3.63) is 35.4 Å². The molecule has 0 amide bonds. The molecule has 3 atom stereocenters. The van der Waals surface area contributed by atoms with Crippen LogP contribution in [-0.4, -0.2) is 36.7 Å². The van der Waals surface area contributed by atoms with Gasteiger partial charge in [0.05, 0.1) is 18.2 Å². The third kappa shape index (κ3) is 3.29. The molecule has 1 fully saturated rings. The standard InChI is InChI=1S/C14H20F2N2O/c1-9-7-18(8-10(2)19-9)14(6-17)12-5-11(15)3-4-13(12)16/h3-5,9-10,14H,6-8,17H2,1-2H3. The maximum atomic E-state index is 13.9. The Morgan fingerprint density at radius 1 is 1.32 bits per heavy atom. The first-order chi connectivity index (χ1) is 9.01. The van der Waals surface area contributed by atoms with Crippen molar-refractivity contribution in [2.45, 2.75) is 32.1 Å². The van der Waals surface area contributed by atoms with Gasteiger partial charge in [0, 0.05) is 25.2 Å². The Labute approximate surface area is 112 Å². The van der Waals surface area contributed by atoms with Gasteiger partial charge in [-0.05, 0) is 32.0 Å². The minimum Gasteiger partial charge on any atom is -0.373 e. The molecule has 19 heavy (non-hydrogen) atoms. The molecule has 1 aliphatic rings. The molecule has 3 unspecified atom stereocenters. The highest BCUT2D eigenvalue weighted by Crippen LogP contribution is 2.26. The van der Waals surface area contributed by atoms with Crippen LogP contribution >= 0.6 is 0 Å². The molecule has 1 aromatic rings. The molecule has 0 bridgehead atoms. The molecule has 1 heterocycles. The lowest BCUT2D eigenvalue weighted by Gasteiger charge is -2.40. The van der Waals surface area contributed by atoms with E-state index in [2.05, 4.69) is 4.90 Å². The maximum absolute atomic E-state index is 13.9. The number of hydrogen-bond donors (Lipinski definition) is 1. The summed E-state index contributed by atoms with van der Waals surface area (Å²) in [7, 11) is 0. The second kappa shape index (κ2) is 5.94. The molecule has 0 saturated carbocycles. The molecular weight excluding hydrogens is 250 g/mol. The zero-order valence-corrected chi connectivity index (χ0v) is 11.3. The van der Waals surface area contributed by atoms with Crippen molar-refractivity contribution in [2.24, 2.45) is 5.73 Å². The average Bonchev–Trinajstić information content (AvgIpc) is 2.33. The Morgan fingerprint density at radius 2 is 1.95 bits per heavy atom. The maximum Gasteiger partial charge on any atom is 0.128 e. The Balaban J connectivity index is 2.26. The summed E-state index contributed by atoms with van der Waals surface area (Å²) in [4.78, 5) is 2.07. The van der Waals surface area contributed by atoms with Gasteiger partial charge < -0.3 is 10.5 Å². The highest BCUT2D eigenvalue weighted by atomic mass is 19.1. The predicted octanol–water partition coefficient (Wildman–Crippen LogP) is 2.07. The molecule has 106 valence electrons. The van der Waals surface area contributed by atoms with Crippen molar-refractivity contribution in [2.75, 3.05) is 19.6 Å². The number of benzene rings is 1. The molecule has 0 radical (unpaired) electrons. The van der Waals surface area contributed by atoms with Crippen LogP contribution in [0.5, 0.6) is 0 Å². The number of rotatable bonds is 3. The topological polar surface area (TPSA) is 38.5 Å². The minimum absolute atomic E-state index is 0.0643. The van der Waals surface area contributed by atoms with Crippen LogP contribution in [0.15, 0.2) is 18.2 Å². The smallest absolute Gasteiger partial charge is 0.128 e. The van der Waals surface area contributed by atoms with E-state index in [-0.39, 0.29) is 24.8 Å². The number of nitrogens with zero attached hydrogens (tertiary/aromatic N) is 1. The molecule has 1 saturated heterocycles. The first-order valence-corrected chi connectivity index (χ1v) is 6.55.